The number of aromatic nitrogens is 1. The average molecular weight is 593 g/mol. The van der Waals surface area contributed by atoms with Crippen LogP contribution in [0.25, 0.3) is 22.4 Å². The normalized spacial score (nSPS) is 14.3. The van der Waals surface area contributed by atoms with E-state index in [4.69, 9.17) is 21.3 Å². The van der Waals surface area contributed by atoms with Crippen LogP contribution in [0.3, 0.4) is 0 Å². The van der Waals surface area contributed by atoms with Crippen LogP contribution < -0.4 is 15.4 Å². The van der Waals surface area contributed by atoms with Gasteiger partial charge in [-0.3, -0.25) is 9.59 Å². The van der Waals surface area contributed by atoms with Crippen molar-refractivity contribution in [3.8, 4) is 28.1 Å². The molecule has 42 heavy (non-hydrogen) atoms. The van der Waals surface area contributed by atoms with Crippen LogP contribution in [-0.2, 0) is 9.59 Å². The van der Waals surface area contributed by atoms with Gasteiger partial charge in [-0.25, -0.2) is 9.78 Å². The Bertz CT molecular complexity index is 1450. The first kappa shape index (κ1) is 31.0. The van der Waals surface area contributed by atoms with Gasteiger partial charge in [0.15, 0.2) is 0 Å². The van der Waals surface area contributed by atoms with Crippen molar-refractivity contribution in [2.24, 2.45) is 0 Å². The average Bonchev–Trinajstić information content (AvgIpc) is 2.96. The highest BCUT2D eigenvalue weighted by Crippen LogP contribution is 2.38. The lowest BCUT2D eigenvalue weighted by atomic mass is 9.81. The Labute approximate surface area is 251 Å². The summed E-state index contributed by atoms with van der Waals surface area (Å²) in [6.45, 7) is 2.76. The number of amides is 2. The van der Waals surface area contributed by atoms with Crippen LogP contribution in [0.2, 0.25) is 5.02 Å². The molecule has 2 aromatic carbocycles. The summed E-state index contributed by atoms with van der Waals surface area (Å²) in [5.41, 5.74) is 1.84. The molecule has 10 heteroatoms. The fraction of sp³-hybridized carbons (Fsp3) is 0.375. The van der Waals surface area contributed by atoms with Gasteiger partial charge in [0.25, 0.3) is 5.91 Å². The first-order chi connectivity index (χ1) is 20.1. The Morgan fingerprint density at radius 1 is 1.02 bits per heavy atom. The number of carbonyl (C=O) groups is 3. The lowest BCUT2D eigenvalue weighted by molar-refractivity contribution is -0.146. The highest BCUT2D eigenvalue weighted by atomic mass is 35.5. The van der Waals surface area contributed by atoms with Crippen LogP contribution in [-0.4, -0.2) is 65.6 Å². The molecule has 9 nitrogen and oxygen atoms in total. The van der Waals surface area contributed by atoms with Gasteiger partial charge in [-0.05, 0) is 63.7 Å². The number of carboxylic acid groups (broad SMARTS) is 1. The maximum Gasteiger partial charge on any atom is 0.329 e. The van der Waals surface area contributed by atoms with E-state index in [2.05, 4.69) is 15.5 Å². The van der Waals surface area contributed by atoms with E-state index in [1.807, 2.05) is 32.3 Å². The zero-order valence-electron chi connectivity index (χ0n) is 24.2. The molecular weight excluding hydrogens is 556 g/mol. The molecule has 4 rings (SSSR count). The van der Waals surface area contributed by atoms with E-state index in [1.54, 1.807) is 36.4 Å². The number of rotatable bonds is 11. The third-order valence-corrected chi connectivity index (χ3v) is 7.65. The standard InChI is InChI=1S/C32H37ClN4O5/c1-21(38)34-26-11-6-5-10-23(26)24-13-15-27(30(39)36-32(31(40)41)16-7-4-8-17-32)35-29(24)22-12-14-25(33)28(20-22)42-19-9-18-37(2)3/h5-6,10-15,20H,4,7-9,16-19H2,1-3H3,(H,34,38)(H,36,39)(H,40,41). The van der Waals surface area contributed by atoms with E-state index in [9.17, 15) is 19.5 Å². The summed E-state index contributed by atoms with van der Waals surface area (Å²) in [7, 11) is 3.99. The molecule has 0 aliphatic heterocycles. The number of benzene rings is 2. The SMILES string of the molecule is CC(=O)Nc1ccccc1-c1ccc(C(=O)NC2(C(=O)O)CCCCC2)nc1-c1ccc(Cl)c(OCCCN(C)C)c1. The van der Waals surface area contributed by atoms with E-state index in [0.717, 1.165) is 32.2 Å². The van der Waals surface area contributed by atoms with Gasteiger partial charge < -0.3 is 25.4 Å². The van der Waals surface area contributed by atoms with Crippen LogP contribution >= 0.6 is 11.6 Å². The van der Waals surface area contributed by atoms with Crippen LogP contribution in [0.1, 0.15) is 55.9 Å². The fourth-order valence-corrected chi connectivity index (χ4v) is 5.36. The third kappa shape index (κ3) is 7.46. The van der Waals surface area contributed by atoms with Crippen LogP contribution in [0.5, 0.6) is 5.75 Å². The second-order valence-corrected chi connectivity index (χ2v) is 11.3. The monoisotopic (exact) mass is 592 g/mol. The number of nitrogens with zero attached hydrogens (tertiary/aromatic N) is 2. The minimum absolute atomic E-state index is 0.0837. The quantitative estimate of drug-likeness (QED) is 0.238. The lowest BCUT2D eigenvalue weighted by Gasteiger charge is -2.33. The maximum atomic E-state index is 13.5. The predicted octanol–water partition coefficient (Wildman–Crippen LogP) is 5.88. The molecule has 3 aromatic rings. The van der Waals surface area contributed by atoms with E-state index in [1.165, 1.54) is 6.92 Å². The number of hydrogen-bond acceptors (Lipinski definition) is 6. The first-order valence-corrected chi connectivity index (χ1v) is 14.5. The van der Waals surface area contributed by atoms with Gasteiger partial charge in [-0.2, -0.15) is 0 Å². The number of hydrogen-bond donors (Lipinski definition) is 3. The number of ether oxygens (including phenoxy) is 1. The molecule has 1 heterocycles. The maximum absolute atomic E-state index is 13.5. The Kier molecular flexibility index (Phi) is 10.2. The van der Waals surface area contributed by atoms with E-state index in [0.29, 0.717) is 58.3 Å². The number of carbonyl (C=O) groups excluding carboxylic acids is 2. The largest absolute Gasteiger partial charge is 0.492 e. The van der Waals surface area contributed by atoms with Crippen LogP contribution in [0.15, 0.2) is 54.6 Å². The molecule has 0 atom stereocenters. The van der Waals surface area contributed by atoms with Crippen molar-refractivity contribution in [2.45, 2.75) is 51.0 Å². The highest BCUT2D eigenvalue weighted by Gasteiger charge is 2.41. The number of nitrogens with one attached hydrogen (secondary N) is 2. The van der Waals surface area contributed by atoms with Crippen molar-refractivity contribution in [1.82, 2.24) is 15.2 Å². The minimum Gasteiger partial charge on any atom is -0.492 e. The zero-order valence-corrected chi connectivity index (χ0v) is 25.0. The molecule has 1 saturated carbocycles. The summed E-state index contributed by atoms with van der Waals surface area (Å²) in [6, 6.07) is 16.0. The van der Waals surface area contributed by atoms with Crippen LogP contribution in [0, 0.1) is 0 Å². The van der Waals surface area contributed by atoms with Crippen molar-refractivity contribution in [1.29, 1.82) is 0 Å². The Morgan fingerprint density at radius 2 is 1.76 bits per heavy atom. The molecule has 0 saturated heterocycles. The number of pyridine rings is 1. The fourth-order valence-electron chi connectivity index (χ4n) is 5.19. The molecule has 0 unspecified atom stereocenters. The minimum atomic E-state index is -1.32. The topological polar surface area (TPSA) is 121 Å². The van der Waals surface area contributed by atoms with Gasteiger partial charge in [-0.1, -0.05) is 55.1 Å². The molecule has 0 spiro atoms. The molecule has 0 bridgehead atoms. The third-order valence-electron chi connectivity index (χ3n) is 7.34. The summed E-state index contributed by atoms with van der Waals surface area (Å²) in [4.78, 5) is 44.5. The van der Waals surface area contributed by atoms with Gasteiger partial charge in [0.2, 0.25) is 5.91 Å². The summed E-state index contributed by atoms with van der Waals surface area (Å²) < 4.78 is 6.00. The van der Waals surface area contributed by atoms with E-state index >= 15 is 0 Å². The molecule has 1 fully saturated rings. The van der Waals surface area contributed by atoms with Gasteiger partial charge in [-0.15, -0.1) is 0 Å². The molecular formula is C32H37ClN4O5. The van der Waals surface area contributed by atoms with Crippen molar-refractivity contribution in [3.63, 3.8) is 0 Å². The van der Waals surface area contributed by atoms with Crippen molar-refractivity contribution < 1.29 is 24.2 Å². The summed E-state index contributed by atoms with van der Waals surface area (Å²) in [5, 5.41) is 16.1. The number of halogens is 1. The Hall–Kier alpha value is -3.95. The van der Waals surface area contributed by atoms with Gasteiger partial charge in [0, 0.05) is 35.8 Å². The molecule has 2 amide bonds. The number of para-hydroxylation sites is 1. The second kappa shape index (κ2) is 13.8. The Morgan fingerprint density at radius 3 is 2.45 bits per heavy atom. The first-order valence-electron chi connectivity index (χ1n) is 14.1. The predicted molar refractivity (Wildman–Crippen MR) is 164 cm³/mol. The number of aliphatic carboxylic acids is 1. The van der Waals surface area contributed by atoms with E-state index < -0.39 is 17.4 Å². The van der Waals surface area contributed by atoms with Crippen molar-refractivity contribution in [2.75, 3.05) is 32.6 Å². The van der Waals surface area contributed by atoms with Crippen molar-refractivity contribution in [3.05, 3.63) is 65.3 Å². The summed E-state index contributed by atoms with van der Waals surface area (Å²) in [5.74, 6) is -1.33. The number of carboxylic acids is 1. The van der Waals surface area contributed by atoms with Gasteiger partial charge in [0.1, 0.15) is 17.0 Å². The van der Waals surface area contributed by atoms with Crippen molar-refractivity contribution >= 4 is 35.1 Å². The van der Waals surface area contributed by atoms with Crippen LogP contribution in [0.4, 0.5) is 5.69 Å². The second-order valence-electron chi connectivity index (χ2n) is 10.9. The molecule has 1 aliphatic rings. The highest BCUT2D eigenvalue weighted by molar-refractivity contribution is 6.32. The molecule has 1 aliphatic carbocycles. The smallest absolute Gasteiger partial charge is 0.329 e. The molecule has 0 radical (unpaired) electrons. The van der Waals surface area contributed by atoms with Gasteiger partial charge >= 0.3 is 5.97 Å². The van der Waals surface area contributed by atoms with E-state index in [-0.39, 0.29) is 11.6 Å². The Balaban J connectivity index is 1.77. The zero-order chi connectivity index (χ0) is 30.3. The molecule has 3 N–H and O–H groups in total. The van der Waals surface area contributed by atoms with Gasteiger partial charge in [0.05, 0.1) is 17.3 Å². The molecule has 1 aromatic heterocycles. The lowest BCUT2D eigenvalue weighted by Crippen LogP contribution is -2.55. The molecule has 222 valence electrons. The number of anilines is 1. The summed E-state index contributed by atoms with van der Waals surface area (Å²) in [6.07, 6.45) is 3.94. The summed E-state index contributed by atoms with van der Waals surface area (Å²) >= 11 is 6.48.